The van der Waals surface area contributed by atoms with E-state index in [-0.39, 0.29) is 0 Å². The van der Waals surface area contributed by atoms with E-state index in [2.05, 4.69) is 37.8 Å². The molecule has 2 rings (SSSR count). The van der Waals surface area contributed by atoms with Gasteiger partial charge >= 0.3 is 0 Å². The standard InChI is InChI=1S/C10H19N7/c1-8-12-9(14-11)7-10(13-8)15-17-5-3-16(2)4-6-17/h7H,3-6,11H2,1-2H3,(H2,12,13,14,15). The predicted molar refractivity (Wildman–Crippen MR) is 67.3 cm³/mol. The van der Waals surface area contributed by atoms with Crippen LogP contribution in [0, 0.1) is 6.92 Å². The summed E-state index contributed by atoms with van der Waals surface area (Å²) in [5.41, 5.74) is 5.81. The molecule has 0 unspecified atom stereocenters. The summed E-state index contributed by atoms with van der Waals surface area (Å²) < 4.78 is 0. The minimum absolute atomic E-state index is 0.620. The van der Waals surface area contributed by atoms with Crippen molar-refractivity contribution < 1.29 is 0 Å². The molecule has 0 amide bonds. The summed E-state index contributed by atoms with van der Waals surface area (Å²) in [7, 11) is 2.13. The zero-order valence-corrected chi connectivity index (χ0v) is 10.3. The summed E-state index contributed by atoms with van der Waals surface area (Å²) in [4.78, 5) is 10.8. The van der Waals surface area contributed by atoms with Crippen molar-refractivity contribution in [3.05, 3.63) is 11.9 Å². The molecule has 0 bridgehead atoms. The van der Waals surface area contributed by atoms with E-state index in [0.29, 0.717) is 11.6 Å². The second-order valence-corrected chi connectivity index (χ2v) is 4.23. The van der Waals surface area contributed by atoms with Crippen LogP contribution in [0.15, 0.2) is 6.07 Å². The number of anilines is 2. The number of nitrogens with one attached hydrogen (secondary N) is 2. The van der Waals surface area contributed by atoms with E-state index < -0.39 is 0 Å². The average molecular weight is 237 g/mol. The molecule has 2 heterocycles. The summed E-state index contributed by atoms with van der Waals surface area (Å²) in [6, 6.07) is 1.80. The lowest BCUT2D eigenvalue weighted by molar-refractivity contribution is 0.178. The number of nitrogens with zero attached hydrogens (tertiary/aromatic N) is 4. The molecule has 1 aromatic heterocycles. The van der Waals surface area contributed by atoms with Crippen molar-refractivity contribution in [2.75, 3.05) is 44.1 Å². The molecule has 0 radical (unpaired) electrons. The molecule has 7 nitrogen and oxygen atoms in total. The maximum atomic E-state index is 5.35. The molecule has 1 aliphatic heterocycles. The van der Waals surface area contributed by atoms with Crippen molar-refractivity contribution >= 4 is 11.6 Å². The van der Waals surface area contributed by atoms with E-state index in [0.717, 1.165) is 32.0 Å². The first-order valence-electron chi connectivity index (χ1n) is 5.70. The van der Waals surface area contributed by atoms with E-state index in [1.165, 1.54) is 0 Å². The van der Waals surface area contributed by atoms with Gasteiger partial charge < -0.3 is 15.8 Å². The Morgan fingerprint density at radius 1 is 1.18 bits per heavy atom. The number of aromatic nitrogens is 2. The van der Waals surface area contributed by atoms with E-state index in [4.69, 9.17) is 5.84 Å². The molecule has 0 saturated carbocycles. The van der Waals surface area contributed by atoms with Crippen LogP contribution in [0.1, 0.15) is 5.82 Å². The van der Waals surface area contributed by atoms with Crippen molar-refractivity contribution in [3.63, 3.8) is 0 Å². The van der Waals surface area contributed by atoms with Gasteiger partial charge in [-0.05, 0) is 14.0 Å². The van der Waals surface area contributed by atoms with Crippen LogP contribution in [0.5, 0.6) is 0 Å². The first-order chi connectivity index (χ1) is 8.17. The molecule has 0 atom stereocenters. The fraction of sp³-hybridized carbons (Fsp3) is 0.600. The topological polar surface area (TPSA) is 82.3 Å². The molecule has 7 heteroatoms. The van der Waals surface area contributed by atoms with Crippen LogP contribution in [0.4, 0.5) is 11.6 Å². The number of hydrazine groups is 2. The third-order valence-electron chi connectivity index (χ3n) is 2.76. The molecular formula is C10H19N7. The number of likely N-dealkylation sites (N-methyl/N-ethyl adjacent to an activating group) is 1. The fourth-order valence-electron chi connectivity index (χ4n) is 1.78. The third kappa shape index (κ3) is 3.26. The number of aryl methyl sites for hydroxylation is 1. The van der Waals surface area contributed by atoms with Crippen LogP contribution >= 0.6 is 0 Å². The molecule has 0 aliphatic carbocycles. The SMILES string of the molecule is Cc1nc(NN)cc(NN2CCN(C)CC2)n1. The summed E-state index contributed by atoms with van der Waals surface area (Å²) in [6.07, 6.45) is 0. The first-order valence-corrected chi connectivity index (χ1v) is 5.70. The van der Waals surface area contributed by atoms with Gasteiger partial charge in [0.05, 0.1) is 0 Å². The lowest BCUT2D eigenvalue weighted by Crippen LogP contribution is -2.47. The van der Waals surface area contributed by atoms with Crippen LogP contribution in [0.3, 0.4) is 0 Å². The van der Waals surface area contributed by atoms with Crippen molar-refractivity contribution in [2.24, 2.45) is 5.84 Å². The molecule has 1 aliphatic rings. The van der Waals surface area contributed by atoms with Gasteiger partial charge in [-0.25, -0.2) is 20.8 Å². The van der Waals surface area contributed by atoms with Gasteiger partial charge in [0.2, 0.25) is 0 Å². The number of rotatable bonds is 3. The molecule has 1 fully saturated rings. The zero-order valence-electron chi connectivity index (χ0n) is 10.3. The average Bonchev–Trinajstić information content (AvgIpc) is 2.31. The van der Waals surface area contributed by atoms with Gasteiger partial charge in [0.1, 0.15) is 17.5 Å². The Morgan fingerprint density at radius 3 is 2.47 bits per heavy atom. The Hall–Kier alpha value is -1.44. The summed E-state index contributed by atoms with van der Waals surface area (Å²) >= 11 is 0. The Bertz CT molecular complexity index is 373. The summed E-state index contributed by atoms with van der Waals surface area (Å²) in [5, 5.41) is 2.15. The smallest absolute Gasteiger partial charge is 0.146 e. The zero-order chi connectivity index (χ0) is 12.3. The fourth-order valence-corrected chi connectivity index (χ4v) is 1.78. The number of hydrogen-bond donors (Lipinski definition) is 3. The highest BCUT2D eigenvalue weighted by molar-refractivity contribution is 5.46. The van der Waals surface area contributed by atoms with Crippen LogP contribution in [-0.2, 0) is 0 Å². The lowest BCUT2D eigenvalue weighted by atomic mass is 10.4. The van der Waals surface area contributed by atoms with Crippen LogP contribution in [0.25, 0.3) is 0 Å². The van der Waals surface area contributed by atoms with Crippen molar-refractivity contribution in [2.45, 2.75) is 6.92 Å². The van der Waals surface area contributed by atoms with Gasteiger partial charge in [0.25, 0.3) is 0 Å². The number of hydrogen-bond acceptors (Lipinski definition) is 7. The highest BCUT2D eigenvalue weighted by Gasteiger charge is 2.14. The second-order valence-electron chi connectivity index (χ2n) is 4.23. The molecule has 1 saturated heterocycles. The number of piperazine rings is 1. The first kappa shape index (κ1) is 12.0. The molecule has 0 aromatic carbocycles. The third-order valence-corrected chi connectivity index (χ3v) is 2.76. The van der Waals surface area contributed by atoms with Crippen LogP contribution in [0.2, 0.25) is 0 Å². The van der Waals surface area contributed by atoms with Gasteiger partial charge in [0, 0.05) is 32.2 Å². The van der Waals surface area contributed by atoms with E-state index in [1.54, 1.807) is 6.07 Å². The van der Waals surface area contributed by atoms with E-state index >= 15 is 0 Å². The maximum absolute atomic E-state index is 5.35. The quantitative estimate of drug-likeness (QED) is 0.489. The Morgan fingerprint density at radius 2 is 1.82 bits per heavy atom. The second kappa shape index (κ2) is 5.26. The minimum atomic E-state index is 0.620. The number of nitrogen functional groups attached to an aromatic ring is 1. The highest BCUT2D eigenvalue weighted by atomic mass is 15.5. The number of nitrogens with two attached hydrogens (primary N) is 1. The van der Waals surface area contributed by atoms with Crippen molar-refractivity contribution in [1.29, 1.82) is 0 Å². The van der Waals surface area contributed by atoms with Crippen LogP contribution < -0.4 is 16.7 Å². The largest absolute Gasteiger partial charge is 0.308 e. The Labute approximate surface area is 101 Å². The molecule has 0 spiro atoms. The molecule has 17 heavy (non-hydrogen) atoms. The highest BCUT2D eigenvalue weighted by Crippen LogP contribution is 2.11. The maximum Gasteiger partial charge on any atom is 0.146 e. The Balaban J connectivity index is 2.00. The molecule has 1 aromatic rings. The van der Waals surface area contributed by atoms with Crippen molar-refractivity contribution in [3.8, 4) is 0 Å². The van der Waals surface area contributed by atoms with E-state index in [1.807, 2.05) is 6.92 Å². The normalized spacial score (nSPS) is 18.1. The molecule has 4 N–H and O–H groups in total. The minimum Gasteiger partial charge on any atom is -0.308 e. The van der Waals surface area contributed by atoms with Gasteiger partial charge in [-0.15, -0.1) is 0 Å². The monoisotopic (exact) mass is 237 g/mol. The summed E-state index contributed by atoms with van der Waals surface area (Å²) in [5.74, 6) is 7.44. The molecular weight excluding hydrogens is 218 g/mol. The molecule has 94 valence electrons. The van der Waals surface area contributed by atoms with Crippen LogP contribution in [-0.4, -0.2) is 53.1 Å². The van der Waals surface area contributed by atoms with Gasteiger partial charge in [-0.1, -0.05) is 0 Å². The summed E-state index contributed by atoms with van der Waals surface area (Å²) in [6.45, 7) is 5.91. The van der Waals surface area contributed by atoms with Gasteiger partial charge in [-0.2, -0.15) is 0 Å². The van der Waals surface area contributed by atoms with E-state index in [9.17, 15) is 0 Å². The lowest BCUT2D eigenvalue weighted by Gasteiger charge is -2.32. The Kier molecular flexibility index (Phi) is 3.72. The predicted octanol–water partition coefficient (Wildman–Crippen LogP) is -0.355. The van der Waals surface area contributed by atoms with Gasteiger partial charge in [0.15, 0.2) is 0 Å². The van der Waals surface area contributed by atoms with Gasteiger partial charge in [-0.3, -0.25) is 0 Å². The van der Waals surface area contributed by atoms with Crippen molar-refractivity contribution in [1.82, 2.24) is 19.9 Å².